The number of hydrogen-bond donors (Lipinski definition) is 3. The summed E-state index contributed by atoms with van der Waals surface area (Å²) in [6, 6.07) is 11.4. The van der Waals surface area contributed by atoms with E-state index >= 15 is 0 Å². The number of benzene rings is 2. The van der Waals surface area contributed by atoms with Gasteiger partial charge in [0.05, 0.1) is 28.2 Å². The predicted octanol–water partition coefficient (Wildman–Crippen LogP) is 6.31. The second-order valence-corrected chi connectivity index (χ2v) is 8.64. The van der Waals surface area contributed by atoms with Gasteiger partial charge in [0.1, 0.15) is 11.6 Å². The van der Waals surface area contributed by atoms with E-state index in [0.717, 1.165) is 47.8 Å². The van der Waals surface area contributed by atoms with E-state index in [9.17, 15) is 0 Å². The van der Waals surface area contributed by atoms with Crippen LogP contribution >= 0.6 is 23.2 Å². The monoisotopic (exact) mass is 499 g/mol. The first-order valence-corrected chi connectivity index (χ1v) is 11.8. The van der Waals surface area contributed by atoms with Crippen LogP contribution in [0.25, 0.3) is 11.0 Å². The molecule has 0 aliphatic carbocycles. The summed E-state index contributed by atoms with van der Waals surface area (Å²) >= 11 is 12.2. The molecule has 2 aromatic carbocycles. The Morgan fingerprint density at radius 2 is 1.74 bits per heavy atom. The lowest BCUT2D eigenvalue weighted by Gasteiger charge is -2.20. The summed E-state index contributed by atoms with van der Waals surface area (Å²) in [7, 11) is 1.69. The van der Waals surface area contributed by atoms with Gasteiger partial charge < -0.3 is 15.0 Å². The zero-order valence-corrected chi connectivity index (χ0v) is 21.1. The summed E-state index contributed by atoms with van der Waals surface area (Å²) in [6.45, 7) is 8.97. The lowest BCUT2D eigenvalue weighted by Crippen LogP contribution is -2.22. The Bertz CT molecular complexity index is 1270. The fraction of sp³-hybridized carbons (Fsp3) is 0.292. The van der Waals surface area contributed by atoms with Crippen molar-refractivity contribution in [1.29, 1.82) is 0 Å². The maximum absolute atomic E-state index is 6.11. The molecule has 0 aliphatic heterocycles. The van der Waals surface area contributed by atoms with Crippen molar-refractivity contribution >= 4 is 57.6 Å². The maximum atomic E-state index is 6.11. The van der Waals surface area contributed by atoms with E-state index in [1.165, 1.54) is 0 Å². The normalized spacial score (nSPS) is 11.3. The highest BCUT2D eigenvalue weighted by molar-refractivity contribution is 6.42. The third-order valence-corrected chi connectivity index (χ3v) is 6.17. The van der Waals surface area contributed by atoms with Crippen LogP contribution in [0.15, 0.2) is 36.4 Å². The zero-order valence-electron chi connectivity index (χ0n) is 19.5. The highest BCUT2D eigenvalue weighted by atomic mass is 35.5. The molecule has 0 fully saturated rings. The minimum Gasteiger partial charge on any atom is -0.496 e. The molecular formula is C24H27Cl2N7O. The highest BCUT2D eigenvalue weighted by Gasteiger charge is 2.11. The first kappa shape index (κ1) is 24.1. The molecule has 4 aromatic rings. The van der Waals surface area contributed by atoms with Crippen molar-refractivity contribution in [3.05, 3.63) is 57.7 Å². The van der Waals surface area contributed by atoms with Crippen LogP contribution in [0, 0.1) is 6.92 Å². The maximum Gasteiger partial charge on any atom is 0.231 e. The number of nitrogens with zero attached hydrogens (tertiary/aromatic N) is 4. The molecule has 10 heteroatoms. The summed E-state index contributed by atoms with van der Waals surface area (Å²) in [5.74, 6) is 2.44. The Labute approximate surface area is 208 Å². The van der Waals surface area contributed by atoms with Gasteiger partial charge in [-0.3, -0.25) is 10.2 Å². The second kappa shape index (κ2) is 10.5. The standard InChI is InChI=1S/C24H27Cl2N7O/c1-5-33(6-2)13-15-10-16(7-8-21(15)34-4)28-22-9-14(3)27-23(31-22)32-24-29-19-11-17(25)18(26)12-20(19)30-24/h7-12H,5-6,13H2,1-4H3,(H3,27,28,29,30,31,32). The number of fused-ring (bicyclic) bond motifs is 1. The van der Waals surface area contributed by atoms with E-state index in [1.807, 2.05) is 25.1 Å². The molecule has 0 unspecified atom stereocenters. The van der Waals surface area contributed by atoms with Gasteiger partial charge in [-0.1, -0.05) is 37.0 Å². The van der Waals surface area contributed by atoms with Crippen molar-refractivity contribution in [3.8, 4) is 5.75 Å². The zero-order chi connectivity index (χ0) is 24.2. The third-order valence-electron chi connectivity index (χ3n) is 5.45. The van der Waals surface area contributed by atoms with Crippen molar-refractivity contribution in [2.24, 2.45) is 0 Å². The lowest BCUT2D eigenvalue weighted by atomic mass is 10.1. The number of H-pyrrole nitrogens is 1. The molecular weight excluding hydrogens is 473 g/mol. The van der Waals surface area contributed by atoms with Crippen LogP contribution in [0.5, 0.6) is 5.75 Å². The van der Waals surface area contributed by atoms with Gasteiger partial charge in [-0.15, -0.1) is 0 Å². The number of aromatic nitrogens is 4. The summed E-state index contributed by atoms with van der Waals surface area (Å²) in [5, 5.41) is 7.42. The van der Waals surface area contributed by atoms with Crippen LogP contribution in [0.2, 0.25) is 10.0 Å². The van der Waals surface area contributed by atoms with E-state index in [-0.39, 0.29) is 0 Å². The van der Waals surface area contributed by atoms with Gasteiger partial charge >= 0.3 is 0 Å². The molecule has 0 spiro atoms. The van der Waals surface area contributed by atoms with Crippen molar-refractivity contribution in [2.75, 3.05) is 30.8 Å². The van der Waals surface area contributed by atoms with Crippen LogP contribution in [0.4, 0.5) is 23.4 Å². The summed E-state index contributed by atoms with van der Waals surface area (Å²) in [6.07, 6.45) is 0. The fourth-order valence-corrected chi connectivity index (χ4v) is 4.00. The molecule has 34 heavy (non-hydrogen) atoms. The van der Waals surface area contributed by atoms with Gasteiger partial charge in [0.25, 0.3) is 0 Å². The van der Waals surface area contributed by atoms with Crippen molar-refractivity contribution in [3.63, 3.8) is 0 Å². The van der Waals surface area contributed by atoms with Crippen LogP contribution in [0.3, 0.4) is 0 Å². The SMILES string of the molecule is CCN(CC)Cc1cc(Nc2cc(C)nc(Nc3nc4cc(Cl)c(Cl)cc4[nH]3)n2)ccc1OC. The van der Waals surface area contributed by atoms with Gasteiger partial charge in [0.15, 0.2) is 0 Å². The topological polar surface area (TPSA) is 91.0 Å². The molecule has 0 radical (unpaired) electrons. The molecule has 2 heterocycles. The number of imidazole rings is 1. The van der Waals surface area contributed by atoms with Gasteiger partial charge in [-0.2, -0.15) is 4.98 Å². The molecule has 0 bridgehead atoms. The molecule has 178 valence electrons. The second-order valence-electron chi connectivity index (χ2n) is 7.83. The molecule has 0 saturated heterocycles. The quantitative estimate of drug-likeness (QED) is 0.248. The molecule has 0 saturated carbocycles. The number of aryl methyl sites for hydroxylation is 1. The summed E-state index contributed by atoms with van der Waals surface area (Å²) < 4.78 is 5.57. The van der Waals surface area contributed by atoms with E-state index in [2.05, 4.69) is 55.4 Å². The van der Waals surface area contributed by atoms with Crippen molar-refractivity contribution in [2.45, 2.75) is 27.3 Å². The van der Waals surface area contributed by atoms with E-state index in [4.69, 9.17) is 27.9 Å². The summed E-state index contributed by atoms with van der Waals surface area (Å²) in [5.41, 5.74) is 4.29. The minimum absolute atomic E-state index is 0.413. The number of hydrogen-bond acceptors (Lipinski definition) is 7. The molecule has 0 atom stereocenters. The molecule has 0 amide bonds. The minimum atomic E-state index is 0.413. The van der Waals surface area contributed by atoms with Gasteiger partial charge in [-0.25, -0.2) is 9.97 Å². The smallest absolute Gasteiger partial charge is 0.231 e. The molecule has 3 N–H and O–H groups in total. The van der Waals surface area contributed by atoms with Crippen LogP contribution in [-0.4, -0.2) is 45.0 Å². The number of aromatic amines is 1. The molecule has 0 aliphatic rings. The van der Waals surface area contributed by atoms with Gasteiger partial charge in [0, 0.05) is 29.6 Å². The number of methoxy groups -OCH3 is 1. The number of nitrogens with one attached hydrogen (secondary N) is 3. The third kappa shape index (κ3) is 5.52. The first-order valence-electron chi connectivity index (χ1n) is 11.0. The largest absolute Gasteiger partial charge is 0.496 e. The number of ether oxygens (including phenoxy) is 1. The Hall–Kier alpha value is -3.07. The highest BCUT2D eigenvalue weighted by Crippen LogP contribution is 2.29. The average molecular weight is 500 g/mol. The Morgan fingerprint density at radius 1 is 0.971 bits per heavy atom. The summed E-state index contributed by atoms with van der Waals surface area (Å²) in [4.78, 5) is 19.1. The molecule has 2 aromatic heterocycles. The van der Waals surface area contributed by atoms with E-state index < -0.39 is 0 Å². The van der Waals surface area contributed by atoms with Gasteiger partial charge in [0.2, 0.25) is 11.9 Å². The number of anilines is 4. The van der Waals surface area contributed by atoms with E-state index in [0.29, 0.717) is 33.3 Å². The Morgan fingerprint density at radius 3 is 2.47 bits per heavy atom. The van der Waals surface area contributed by atoms with E-state index in [1.54, 1.807) is 19.2 Å². The van der Waals surface area contributed by atoms with Crippen molar-refractivity contribution < 1.29 is 4.74 Å². The number of halogens is 2. The van der Waals surface area contributed by atoms with Crippen LogP contribution in [0.1, 0.15) is 25.1 Å². The average Bonchev–Trinajstić information content (AvgIpc) is 3.18. The first-order chi connectivity index (χ1) is 16.4. The number of rotatable bonds is 9. The Balaban J connectivity index is 1.57. The van der Waals surface area contributed by atoms with Crippen molar-refractivity contribution in [1.82, 2.24) is 24.8 Å². The Kier molecular flexibility index (Phi) is 7.41. The fourth-order valence-electron chi connectivity index (χ4n) is 3.67. The lowest BCUT2D eigenvalue weighted by molar-refractivity contribution is 0.289. The predicted molar refractivity (Wildman–Crippen MR) is 139 cm³/mol. The van der Waals surface area contributed by atoms with Crippen LogP contribution in [-0.2, 0) is 6.54 Å². The molecule has 8 nitrogen and oxygen atoms in total. The van der Waals surface area contributed by atoms with Gasteiger partial charge in [-0.05, 0) is 50.3 Å². The molecule has 4 rings (SSSR count). The van der Waals surface area contributed by atoms with Crippen LogP contribution < -0.4 is 15.4 Å².